The van der Waals surface area contributed by atoms with Gasteiger partial charge in [-0.15, -0.1) is 0 Å². The molecule has 0 aliphatic heterocycles. The number of oxazole rings is 1. The van der Waals surface area contributed by atoms with Crippen LogP contribution in [-0.4, -0.2) is 22.8 Å². The van der Waals surface area contributed by atoms with E-state index in [4.69, 9.17) is 4.42 Å². The highest BCUT2D eigenvalue weighted by atomic mass is 32.2. The van der Waals surface area contributed by atoms with Gasteiger partial charge in [-0.3, -0.25) is 0 Å². The van der Waals surface area contributed by atoms with E-state index in [0.717, 1.165) is 18.2 Å². The minimum absolute atomic E-state index is 0.540. The van der Waals surface area contributed by atoms with Crippen LogP contribution < -0.4 is 5.32 Å². The number of nitrogens with one attached hydrogen (secondary N) is 1. The molecule has 0 fully saturated rings. The zero-order chi connectivity index (χ0) is 11.8. The van der Waals surface area contributed by atoms with E-state index in [0.29, 0.717) is 11.3 Å². The van der Waals surface area contributed by atoms with Crippen molar-refractivity contribution in [1.82, 2.24) is 10.3 Å². The molecule has 0 aromatic carbocycles. The number of nitrogens with zero attached hydrogens (tertiary/aromatic N) is 1. The third-order valence-corrected chi connectivity index (χ3v) is 3.95. The number of hydrogen-bond donors (Lipinski definition) is 1. The topological polar surface area (TPSA) is 38.1 Å². The number of hydrogen-bond acceptors (Lipinski definition) is 4. The van der Waals surface area contributed by atoms with Gasteiger partial charge in [-0.1, -0.05) is 39.0 Å². The molecule has 1 heterocycles. The van der Waals surface area contributed by atoms with Gasteiger partial charge in [0, 0.05) is 11.3 Å². The van der Waals surface area contributed by atoms with E-state index in [1.807, 2.05) is 0 Å². The van der Waals surface area contributed by atoms with Crippen LogP contribution in [0.4, 0.5) is 0 Å². The van der Waals surface area contributed by atoms with Crippen LogP contribution in [0.2, 0.25) is 0 Å². The third kappa shape index (κ3) is 4.18. The second kappa shape index (κ2) is 7.74. The van der Waals surface area contributed by atoms with Crippen LogP contribution in [0.15, 0.2) is 22.1 Å². The van der Waals surface area contributed by atoms with Gasteiger partial charge < -0.3 is 9.73 Å². The Kier molecular flexibility index (Phi) is 6.57. The highest BCUT2D eigenvalue weighted by Gasteiger charge is 2.21. The zero-order valence-electron chi connectivity index (χ0n) is 10.4. The van der Waals surface area contributed by atoms with Crippen LogP contribution in [0.1, 0.15) is 40.0 Å². The van der Waals surface area contributed by atoms with Crippen molar-refractivity contribution in [1.29, 1.82) is 0 Å². The first kappa shape index (κ1) is 13.6. The van der Waals surface area contributed by atoms with Gasteiger partial charge in [0.15, 0.2) is 0 Å². The van der Waals surface area contributed by atoms with Crippen LogP contribution in [0.25, 0.3) is 0 Å². The number of thioether (sulfide) groups is 1. The maximum Gasteiger partial charge on any atom is 0.255 e. The molecule has 1 N–H and O–H groups in total. The molecule has 0 bridgehead atoms. The van der Waals surface area contributed by atoms with Crippen molar-refractivity contribution in [3.63, 3.8) is 0 Å². The lowest BCUT2D eigenvalue weighted by Gasteiger charge is -2.25. The Balaban J connectivity index is 2.55. The van der Waals surface area contributed by atoms with Gasteiger partial charge in [-0.05, 0) is 19.4 Å². The van der Waals surface area contributed by atoms with Crippen LogP contribution in [0.3, 0.4) is 0 Å². The Morgan fingerprint density at radius 2 is 2.25 bits per heavy atom. The second-order valence-corrected chi connectivity index (χ2v) is 5.01. The van der Waals surface area contributed by atoms with E-state index < -0.39 is 0 Å². The molecule has 2 unspecified atom stereocenters. The van der Waals surface area contributed by atoms with Crippen molar-refractivity contribution in [2.45, 2.75) is 56.5 Å². The summed E-state index contributed by atoms with van der Waals surface area (Å²) < 4.78 is 5.30. The summed E-state index contributed by atoms with van der Waals surface area (Å²) in [6.07, 6.45) is 6.89. The van der Waals surface area contributed by atoms with Gasteiger partial charge in [0.05, 0.1) is 6.20 Å². The van der Waals surface area contributed by atoms with E-state index in [1.54, 1.807) is 24.2 Å². The molecule has 3 nitrogen and oxygen atoms in total. The summed E-state index contributed by atoms with van der Waals surface area (Å²) in [5.74, 6) is 0. The van der Waals surface area contributed by atoms with E-state index in [1.165, 1.54) is 12.8 Å². The highest BCUT2D eigenvalue weighted by molar-refractivity contribution is 7.99. The lowest BCUT2D eigenvalue weighted by Crippen LogP contribution is -2.37. The number of aromatic nitrogens is 1. The van der Waals surface area contributed by atoms with E-state index >= 15 is 0 Å². The first-order chi connectivity index (χ1) is 7.81. The summed E-state index contributed by atoms with van der Waals surface area (Å²) in [6.45, 7) is 7.63. The van der Waals surface area contributed by atoms with Gasteiger partial charge in [-0.2, -0.15) is 0 Å². The van der Waals surface area contributed by atoms with Gasteiger partial charge >= 0.3 is 0 Å². The Morgan fingerprint density at radius 1 is 1.44 bits per heavy atom. The van der Waals surface area contributed by atoms with Gasteiger partial charge in [0.1, 0.15) is 6.26 Å². The van der Waals surface area contributed by atoms with Crippen LogP contribution >= 0.6 is 11.8 Å². The molecule has 4 heteroatoms. The van der Waals surface area contributed by atoms with Crippen LogP contribution in [-0.2, 0) is 0 Å². The fraction of sp³-hybridized carbons (Fsp3) is 0.750. The van der Waals surface area contributed by atoms with Gasteiger partial charge in [0.25, 0.3) is 5.22 Å². The summed E-state index contributed by atoms with van der Waals surface area (Å²) in [5, 5.41) is 4.88. The lowest BCUT2D eigenvalue weighted by atomic mass is 10.1. The largest absolute Gasteiger partial charge is 0.440 e. The predicted molar refractivity (Wildman–Crippen MR) is 68.8 cm³/mol. The molecular weight excluding hydrogens is 220 g/mol. The number of rotatable bonds is 8. The summed E-state index contributed by atoms with van der Waals surface area (Å²) in [5.41, 5.74) is 0. The average molecular weight is 242 g/mol. The lowest BCUT2D eigenvalue weighted by molar-refractivity contribution is 0.439. The Morgan fingerprint density at radius 3 is 2.75 bits per heavy atom. The summed E-state index contributed by atoms with van der Waals surface area (Å²) >= 11 is 1.74. The molecule has 0 saturated heterocycles. The smallest absolute Gasteiger partial charge is 0.255 e. The van der Waals surface area contributed by atoms with E-state index in [9.17, 15) is 0 Å². The molecule has 16 heavy (non-hydrogen) atoms. The molecule has 0 radical (unpaired) electrons. The SMILES string of the molecule is CCCC(NCC)C(CC)Sc1ncco1. The molecule has 92 valence electrons. The molecule has 2 atom stereocenters. The fourth-order valence-corrected chi connectivity index (χ4v) is 2.90. The molecule has 1 aromatic heterocycles. The molecule has 0 aliphatic carbocycles. The van der Waals surface area contributed by atoms with Crippen molar-refractivity contribution in [3.05, 3.63) is 12.5 Å². The maximum atomic E-state index is 5.30. The van der Waals surface area contributed by atoms with Crippen LogP contribution in [0.5, 0.6) is 0 Å². The molecule has 1 rings (SSSR count). The quantitative estimate of drug-likeness (QED) is 0.710. The van der Waals surface area contributed by atoms with Gasteiger partial charge in [0.2, 0.25) is 0 Å². The predicted octanol–water partition coefficient (Wildman–Crippen LogP) is 3.32. The highest BCUT2D eigenvalue weighted by Crippen LogP contribution is 2.27. The Bertz CT molecular complexity index is 258. The van der Waals surface area contributed by atoms with Crippen molar-refractivity contribution in [2.75, 3.05) is 6.54 Å². The molecule has 0 aliphatic rings. The third-order valence-electron chi connectivity index (χ3n) is 2.58. The Hall–Kier alpha value is -0.480. The van der Waals surface area contributed by atoms with Crippen molar-refractivity contribution in [2.24, 2.45) is 0 Å². The molecule has 0 amide bonds. The zero-order valence-corrected chi connectivity index (χ0v) is 11.2. The first-order valence-corrected chi connectivity index (χ1v) is 6.99. The molecule has 1 aromatic rings. The minimum atomic E-state index is 0.540. The standard InChI is InChI=1S/C12H22N2OS/c1-4-7-10(13-6-3)11(5-2)16-12-14-8-9-15-12/h8-11,13H,4-7H2,1-3H3. The first-order valence-electron chi connectivity index (χ1n) is 6.11. The van der Waals surface area contributed by atoms with E-state index in [-0.39, 0.29) is 0 Å². The minimum Gasteiger partial charge on any atom is -0.440 e. The summed E-state index contributed by atoms with van der Waals surface area (Å²) in [7, 11) is 0. The van der Waals surface area contributed by atoms with Crippen molar-refractivity contribution in [3.8, 4) is 0 Å². The maximum absolute atomic E-state index is 5.30. The second-order valence-electron chi connectivity index (χ2n) is 3.82. The molecule has 0 saturated carbocycles. The van der Waals surface area contributed by atoms with E-state index in [2.05, 4.69) is 31.1 Å². The molecule has 0 spiro atoms. The summed E-state index contributed by atoms with van der Waals surface area (Å²) in [4.78, 5) is 4.18. The monoisotopic (exact) mass is 242 g/mol. The normalized spacial score (nSPS) is 14.9. The molecular formula is C12H22N2OS. The van der Waals surface area contributed by atoms with Crippen molar-refractivity contribution >= 4 is 11.8 Å². The fourth-order valence-electron chi connectivity index (χ4n) is 1.84. The Labute approximate surface area is 102 Å². The van der Waals surface area contributed by atoms with Crippen LogP contribution in [0, 0.1) is 0 Å². The van der Waals surface area contributed by atoms with Crippen molar-refractivity contribution < 1.29 is 4.42 Å². The average Bonchev–Trinajstić information content (AvgIpc) is 2.78. The summed E-state index contributed by atoms with van der Waals surface area (Å²) in [6, 6.07) is 0.553. The van der Waals surface area contributed by atoms with Gasteiger partial charge in [-0.25, -0.2) is 4.98 Å².